The van der Waals surface area contributed by atoms with Gasteiger partial charge in [-0.25, -0.2) is 0 Å². The van der Waals surface area contributed by atoms with E-state index in [1.54, 1.807) is 21.3 Å². The Hall–Kier alpha value is -2.36. The Morgan fingerprint density at radius 1 is 1.04 bits per heavy atom. The standard InChI is InChI=1S/C18H25NO3.C2H6/c1-6-14(8-7-11-19-2)9-10-15-12-16(20-3)18(22-5)17(13-15)21-4;1-2/h7-13,19H,6H2,1-5H3;1-2H3/b10-9-,11-7-,14-8+;. The van der Waals surface area contributed by atoms with Crippen LogP contribution in [-0.4, -0.2) is 28.4 Å². The van der Waals surface area contributed by atoms with E-state index >= 15 is 0 Å². The van der Waals surface area contributed by atoms with Gasteiger partial charge in [0.25, 0.3) is 0 Å². The molecule has 24 heavy (non-hydrogen) atoms. The third-order valence-electron chi connectivity index (χ3n) is 3.16. The summed E-state index contributed by atoms with van der Waals surface area (Å²) in [6.45, 7) is 6.12. The van der Waals surface area contributed by atoms with Gasteiger partial charge in [0.2, 0.25) is 5.75 Å². The highest BCUT2D eigenvalue weighted by Gasteiger charge is 2.11. The molecule has 0 atom stereocenters. The molecule has 1 aromatic rings. The van der Waals surface area contributed by atoms with Crippen LogP contribution < -0.4 is 19.5 Å². The van der Waals surface area contributed by atoms with Crippen molar-refractivity contribution in [2.75, 3.05) is 28.4 Å². The van der Waals surface area contributed by atoms with Crippen molar-refractivity contribution < 1.29 is 14.2 Å². The number of benzene rings is 1. The second kappa shape index (κ2) is 13.1. The van der Waals surface area contributed by atoms with E-state index in [4.69, 9.17) is 14.2 Å². The van der Waals surface area contributed by atoms with Gasteiger partial charge in [-0.2, -0.15) is 0 Å². The highest BCUT2D eigenvalue weighted by atomic mass is 16.5. The molecule has 4 heteroatoms. The summed E-state index contributed by atoms with van der Waals surface area (Å²) in [6, 6.07) is 3.85. The first-order valence-electron chi connectivity index (χ1n) is 8.21. The smallest absolute Gasteiger partial charge is 0.203 e. The minimum Gasteiger partial charge on any atom is -0.493 e. The molecule has 0 radical (unpaired) electrons. The van der Waals surface area contributed by atoms with Crippen molar-refractivity contribution >= 4 is 6.08 Å². The summed E-state index contributed by atoms with van der Waals surface area (Å²) >= 11 is 0. The lowest BCUT2D eigenvalue weighted by molar-refractivity contribution is 0.324. The molecule has 0 aliphatic carbocycles. The van der Waals surface area contributed by atoms with Crippen molar-refractivity contribution in [3.63, 3.8) is 0 Å². The van der Waals surface area contributed by atoms with Crippen LogP contribution in [0, 0.1) is 0 Å². The lowest BCUT2D eigenvalue weighted by atomic mass is 10.1. The van der Waals surface area contributed by atoms with Crippen molar-refractivity contribution in [3.8, 4) is 17.2 Å². The van der Waals surface area contributed by atoms with Gasteiger partial charge in [-0.1, -0.05) is 39.0 Å². The number of hydrogen-bond donors (Lipinski definition) is 1. The summed E-state index contributed by atoms with van der Waals surface area (Å²) in [5, 5.41) is 2.97. The number of methoxy groups -OCH3 is 3. The Morgan fingerprint density at radius 2 is 1.62 bits per heavy atom. The van der Waals surface area contributed by atoms with E-state index in [2.05, 4.69) is 24.4 Å². The normalized spacial score (nSPS) is 11.2. The molecule has 0 aromatic heterocycles. The van der Waals surface area contributed by atoms with Crippen LogP contribution >= 0.6 is 0 Å². The van der Waals surface area contributed by atoms with Crippen molar-refractivity contribution in [1.29, 1.82) is 0 Å². The van der Waals surface area contributed by atoms with Gasteiger partial charge in [0.15, 0.2) is 11.5 Å². The monoisotopic (exact) mass is 333 g/mol. The summed E-state index contributed by atoms with van der Waals surface area (Å²) < 4.78 is 16.0. The molecule has 0 saturated heterocycles. The SMILES string of the molecule is CC.CCC(/C=C\c1cc(OC)c(OC)c(OC)c1)=C\C=C/NC. The maximum atomic E-state index is 5.36. The first-order valence-corrected chi connectivity index (χ1v) is 8.21. The van der Waals surface area contributed by atoms with Crippen molar-refractivity contribution in [1.82, 2.24) is 5.32 Å². The molecule has 0 aliphatic heterocycles. The Bertz CT molecular complexity index is 535. The van der Waals surface area contributed by atoms with Gasteiger partial charge >= 0.3 is 0 Å². The van der Waals surface area contributed by atoms with E-state index < -0.39 is 0 Å². The molecule has 0 amide bonds. The number of hydrogen-bond acceptors (Lipinski definition) is 4. The third kappa shape index (κ3) is 6.82. The topological polar surface area (TPSA) is 39.7 Å². The van der Waals surface area contributed by atoms with E-state index in [1.807, 2.05) is 51.4 Å². The summed E-state index contributed by atoms with van der Waals surface area (Å²) in [7, 11) is 6.71. The lowest BCUT2D eigenvalue weighted by Crippen LogP contribution is -1.95. The fourth-order valence-corrected chi connectivity index (χ4v) is 1.96. The van der Waals surface area contributed by atoms with Crippen molar-refractivity contribution in [2.24, 2.45) is 0 Å². The molecule has 1 rings (SSSR count). The van der Waals surface area contributed by atoms with Gasteiger partial charge in [0, 0.05) is 7.05 Å². The molecule has 0 fully saturated rings. The summed E-state index contributed by atoms with van der Waals surface area (Å²) in [5.74, 6) is 1.91. The second-order valence-electron chi connectivity index (χ2n) is 4.53. The molecular formula is C20H31NO3. The number of ether oxygens (including phenoxy) is 3. The maximum absolute atomic E-state index is 5.36. The molecular weight excluding hydrogens is 302 g/mol. The van der Waals surface area contributed by atoms with Crippen molar-refractivity contribution in [2.45, 2.75) is 27.2 Å². The van der Waals surface area contributed by atoms with Crippen LogP contribution in [-0.2, 0) is 0 Å². The van der Waals surface area contributed by atoms with Crippen LogP contribution in [0.2, 0.25) is 0 Å². The predicted octanol–water partition coefficient (Wildman–Crippen LogP) is 4.82. The van der Waals surface area contributed by atoms with E-state index in [0.717, 1.165) is 12.0 Å². The zero-order valence-electron chi connectivity index (χ0n) is 16.0. The predicted molar refractivity (Wildman–Crippen MR) is 103 cm³/mol. The van der Waals surface area contributed by atoms with Crippen LogP contribution in [0.15, 0.2) is 42.1 Å². The molecule has 1 N–H and O–H groups in total. The number of rotatable bonds is 8. The zero-order chi connectivity index (χ0) is 18.4. The largest absolute Gasteiger partial charge is 0.493 e. The average Bonchev–Trinajstić information content (AvgIpc) is 2.65. The molecule has 0 bridgehead atoms. The Kier molecular flexibility index (Phi) is 11.8. The highest BCUT2D eigenvalue weighted by molar-refractivity contribution is 5.63. The average molecular weight is 333 g/mol. The molecule has 0 unspecified atom stereocenters. The maximum Gasteiger partial charge on any atom is 0.203 e. The molecule has 134 valence electrons. The van der Waals surface area contributed by atoms with E-state index in [1.165, 1.54) is 5.57 Å². The molecule has 4 nitrogen and oxygen atoms in total. The van der Waals surface area contributed by atoms with Crippen LogP contribution in [0.25, 0.3) is 6.08 Å². The summed E-state index contributed by atoms with van der Waals surface area (Å²) in [5.41, 5.74) is 2.21. The number of allylic oxidation sites excluding steroid dienone is 4. The molecule has 0 spiro atoms. The first-order chi connectivity index (χ1) is 11.7. The van der Waals surface area contributed by atoms with E-state index in [0.29, 0.717) is 17.2 Å². The quantitative estimate of drug-likeness (QED) is 0.692. The van der Waals surface area contributed by atoms with E-state index in [-0.39, 0.29) is 0 Å². The van der Waals surface area contributed by atoms with Crippen LogP contribution in [0.4, 0.5) is 0 Å². The lowest BCUT2D eigenvalue weighted by Gasteiger charge is -2.12. The summed E-state index contributed by atoms with van der Waals surface area (Å²) in [4.78, 5) is 0. The Balaban J connectivity index is 0.00000254. The Labute approximate surface area is 146 Å². The van der Waals surface area contributed by atoms with Gasteiger partial charge in [-0.3, -0.25) is 0 Å². The van der Waals surface area contributed by atoms with Gasteiger partial charge in [-0.15, -0.1) is 0 Å². The highest BCUT2D eigenvalue weighted by Crippen LogP contribution is 2.38. The van der Waals surface area contributed by atoms with Gasteiger partial charge in [0.1, 0.15) is 0 Å². The fourth-order valence-electron chi connectivity index (χ4n) is 1.96. The summed E-state index contributed by atoms with van der Waals surface area (Å²) in [6.07, 6.45) is 11.0. The van der Waals surface area contributed by atoms with Gasteiger partial charge in [0.05, 0.1) is 21.3 Å². The van der Waals surface area contributed by atoms with Crippen LogP contribution in [0.1, 0.15) is 32.8 Å². The zero-order valence-corrected chi connectivity index (χ0v) is 16.0. The van der Waals surface area contributed by atoms with E-state index in [9.17, 15) is 0 Å². The fraction of sp³-hybridized carbons (Fsp3) is 0.400. The number of nitrogens with one attached hydrogen (secondary N) is 1. The molecule has 0 saturated carbocycles. The second-order valence-corrected chi connectivity index (χ2v) is 4.53. The minimum absolute atomic E-state index is 0.602. The minimum atomic E-state index is 0.602. The molecule has 1 aromatic carbocycles. The molecule has 0 aliphatic rings. The van der Waals surface area contributed by atoms with Crippen LogP contribution in [0.3, 0.4) is 0 Å². The molecule has 0 heterocycles. The van der Waals surface area contributed by atoms with Crippen molar-refractivity contribution in [3.05, 3.63) is 47.7 Å². The van der Waals surface area contributed by atoms with Gasteiger partial charge in [-0.05, 0) is 42.0 Å². The Morgan fingerprint density at radius 3 is 2.04 bits per heavy atom. The van der Waals surface area contributed by atoms with Crippen LogP contribution in [0.5, 0.6) is 17.2 Å². The third-order valence-corrected chi connectivity index (χ3v) is 3.16. The first kappa shape index (κ1) is 21.6. The van der Waals surface area contributed by atoms with Gasteiger partial charge < -0.3 is 19.5 Å².